The topological polar surface area (TPSA) is 101 Å². The molecule has 7 nitrogen and oxygen atoms in total. The van der Waals surface area contributed by atoms with Crippen molar-refractivity contribution in [3.8, 4) is 11.8 Å². The van der Waals surface area contributed by atoms with Gasteiger partial charge in [-0.3, -0.25) is 29.4 Å². The Morgan fingerprint density at radius 3 is 2.64 bits per heavy atom. The number of hydrogen-bond donors (Lipinski definition) is 1. The van der Waals surface area contributed by atoms with E-state index < -0.39 is 29.7 Å². The summed E-state index contributed by atoms with van der Waals surface area (Å²) in [6.07, 6.45) is 1.72. The molecule has 1 aromatic rings. The first-order valence-corrected chi connectivity index (χ1v) is 7.81. The van der Waals surface area contributed by atoms with Crippen LogP contribution < -0.4 is 5.32 Å². The molecule has 1 saturated heterocycles. The zero-order valence-corrected chi connectivity index (χ0v) is 13.2. The number of aldehydes is 1. The van der Waals surface area contributed by atoms with Crippen molar-refractivity contribution < 1.29 is 24.0 Å². The van der Waals surface area contributed by atoms with Crippen molar-refractivity contribution in [2.45, 2.75) is 31.7 Å². The summed E-state index contributed by atoms with van der Waals surface area (Å²) < 4.78 is 0. The number of unbranched alkanes of at least 4 members (excludes halogenated alkanes) is 1. The van der Waals surface area contributed by atoms with Crippen LogP contribution in [0.5, 0.6) is 0 Å². The first-order chi connectivity index (χ1) is 12.0. The van der Waals surface area contributed by atoms with Crippen LogP contribution in [0, 0.1) is 11.8 Å². The van der Waals surface area contributed by atoms with E-state index in [1.807, 2.05) is 0 Å². The summed E-state index contributed by atoms with van der Waals surface area (Å²) in [5.74, 6) is 3.49. The van der Waals surface area contributed by atoms with Gasteiger partial charge in [-0.05, 0) is 24.6 Å². The number of amides is 4. The Labute approximate surface area is 143 Å². The predicted octanol–water partition coefficient (Wildman–Crippen LogP) is 0.418. The number of hydrogen-bond acceptors (Lipinski definition) is 5. The standard InChI is InChI=1S/C18H14N2O5/c21-9-3-1-2-4-11-5-6-12-13(10-11)18(25)20(17(12)24)14-7-8-15(22)19-16(14)23/h5-6,9-10,14H,1,3,7-8H2,(H,19,22,23). The molecular formula is C18H14N2O5. The summed E-state index contributed by atoms with van der Waals surface area (Å²) in [6.45, 7) is 0. The molecule has 25 heavy (non-hydrogen) atoms. The van der Waals surface area contributed by atoms with E-state index in [0.29, 0.717) is 18.4 Å². The summed E-state index contributed by atoms with van der Waals surface area (Å²) in [6, 6.07) is 3.65. The largest absolute Gasteiger partial charge is 0.303 e. The Hall–Kier alpha value is -3.27. The highest BCUT2D eigenvalue weighted by Gasteiger charge is 2.44. The molecule has 2 aliphatic rings. The van der Waals surface area contributed by atoms with Crippen molar-refractivity contribution in [3.63, 3.8) is 0 Å². The van der Waals surface area contributed by atoms with Crippen molar-refractivity contribution in [1.29, 1.82) is 0 Å². The van der Waals surface area contributed by atoms with E-state index in [2.05, 4.69) is 17.2 Å². The summed E-state index contributed by atoms with van der Waals surface area (Å²) in [5.41, 5.74) is 0.959. The van der Waals surface area contributed by atoms with Crippen molar-refractivity contribution in [3.05, 3.63) is 34.9 Å². The van der Waals surface area contributed by atoms with Gasteiger partial charge in [0.25, 0.3) is 11.8 Å². The fraction of sp³-hybridized carbons (Fsp3) is 0.278. The van der Waals surface area contributed by atoms with Gasteiger partial charge in [0.05, 0.1) is 11.1 Å². The maximum Gasteiger partial charge on any atom is 0.262 e. The Kier molecular flexibility index (Phi) is 4.44. The van der Waals surface area contributed by atoms with E-state index in [-0.39, 0.29) is 24.0 Å². The molecule has 0 aromatic heterocycles. The van der Waals surface area contributed by atoms with Gasteiger partial charge in [0.2, 0.25) is 11.8 Å². The monoisotopic (exact) mass is 338 g/mol. The van der Waals surface area contributed by atoms with Crippen LogP contribution in [0.1, 0.15) is 52.0 Å². The van der Waals surface area contributed by atoms with Crippen LogP contribution >= 0.6 is 0 Å². The quantitative estimate of drug-likeness (QED) is 0.372. The van der Waals surface area contributed by atoms with Crippen LogP contribution in [0.25, 0.3) is 0 Å². The van der Waals surface area contributed by atoms with Gasteiger partial charge in [0.15, 0.2) is 0 Å². The molecule has 4 amide bonds. The number of benzene rings is 1. The smallest absolute Gasteiger partial charge is 0.262 e. The Morgan fingerprint density at radius 1 is 1.16 bits per heavy atom. The highest BCUT2D eigenvalue weighted by molar-refractivity contribution is 6.23. The number of nitrogens with one attached hydrogen (secondary N) is 1. The molecule has 2 heterocycles. The molecule has 0 aliphatic carbocycles. The molecule has 3 rings (SSSR count). The summed E-state index contributed by atoms with van der Waals surface area (Å²) in [5, 5.41) is 2.15. The van der Waals surface area contributed by atoms with Gasteiger partial charge in [-0.25, -0.2) is 0 Å². The van der Waals surface area contributed by atoms with E-state index in [0.717, 1.165) is 11.2 Å². The van der Waals surface area contributed by atoms with Crippen LogP contribution in [0.15, 0.2) is 18.2 Å². The average molecular weight is 338 g/mol. The lowest BCUT2D eigenvalue weighted by atomic mass is 10.0. The Balaban J connectivity index is 1.86. The van der Waals surface area contributed by atoms with Gasteiger partial charge in [-0.15, -0.1) is 0 Å². The Bertz CT molecular complexity index is 862. The van der Waals surface area contributed by atoms with Crippen molar-refractivity contribution in [1.82, 2.24) is 10.2 Å². The van der Waals surface area contributed by atoms with Crippen LogP contribution in [-0.4, -0.2) is 40.9 Å². The lowest BCUT2D eigenvalue weighted by molar-refractivity contribution is -0.136. The van der Waals surface area contributed by atoms with Crippen LogP contribution in [0.2, 0.25) is 0 Å². The molecule has 0 spiro atoms. The minimum Gasteiger partial charge on any atom is -0.303 e. The highest BCUT2D eigenvalue weighted by Crippen LogP contribution is 2.28. The molecule has 2 aliphatic heterocycles. The zero-order valence-electron chi connectivity index (χ0n) is 13.2. The molecule has 1 atom stereocenters. The van der Waals surface area contributed by atoms with E-state index in [1.165, 1.54) is 12.1 Å². The molecule has 7 heteroatoms. The molecule has 1 aromatic carbocycles. The fourth-order valence-corrected chi connectivity index (χ4v) is 2.84. The zero-order chi connectivity index (χ0) is 18.0. The normalized spacial score (nSPS) is 19.2. The van der Waals surface area contributed by atoms with Crippen LogP contribution in [-0.2, 0) is 14.4 Å². The van der Waals surface area contributed by atoms with Gasteiger partial charge in [0.1, 0.15) is 12.3 Å². The van der Waals surface area contributed by atoms with Gasteiger partial charge in [-0.1, -0.05) is 11.8 Å². The number of carbonyl (C=O) groups excluding carboxylic acids is 5. The predicted molar refractivity (Wildman–Crippen MR) is 85.3 cm³/mol. The summed E-state index contributed by atoms with van der Waals surface area (Å²) in [7, 11) is 0. The molecule has 126 valence electrons. The first-order valence-electron chi connectivity index (χ1n) is 7.81. The number of fused-ring (bicyclic) bond motifs is 1. The van der Waals surface area contributed by atoms with E-state index >= 15 is 0 Å². The molecule has 1 N–H and O–H groups in total. The SMILES string of the molecule is O=CCCC#Cc1ccc2c(c1)C(=O)N(C1CCC(=O)NC1=O)C2=O. The second-order valence-corrected chi connectivity index (χ2v) is 5.71. The number of carbonyl (C=O) groups is 5. The third-order valence-electron chi connectivity index (χ3n) is 4.06. The van der Waals surface area contributed by atoms with Crippen LogP contribution in [0.4, 0.5) is 0 Å². The molecule has 0 saturated carbocycles. The average Bonchev–Trinajstić information content (AvgIpc) is 2.83. The lowest BCUT2D eigenvalue weighted by Gasteiger charge is -2.27. The van der Waals surface area contributed by atoms with Gasteiger partial charge in [0, 0.05) is 24.8 Å². The molecule has 0 radical (unpaired) electrons. The number of nitrogens with zero attached hydrogens (tertiary/aromatic N) is 1. The summed E-state index contributed by atoms with van der Waals surface area (Å²) in [4.78, 5) is 59.5. The maximum atomic E-state index is 12.6. The number of rotatable bonds is 3. The fourth-order valence-electron chi connectivity index (χ4n) is 2.84. The minimum atomic E-state index is -0.979. The van der Waals surface area contributed by atoms with Crippen molar-refractivity contribution >= 4 is 29.9 Å². The van der Waals surface area contributed by atoms with Gasteiger partial charge >= 0.3 is 0 Å². The number of imide groups is 2. The highest BCUT2D eigenvalue weighted by atomic mass is 16.2. The van der Waals surface area contributed by atoms with Gasteiger partial charge < -0.3 is 4.79 Å². The van der Waals surface area contributed by atoms with E-state index in [4.69, 9.17) is 0 Å². The van der Waals surface area contributed by atoms with Crippen molar-refractivity contribution in [2.24, 2.45) is 0 Å². The molecule has 0 bridgehead atoms. The maximum absolute atomic E-state index is 12.6. The van der Waals surface area contributed by atoms with E-state index in [9.17, 15) is 24.0 Å². The minimum absolute atomic E-state index is 0.0806. The lowest BCUT2D eigenvalue weighted by Crippen LogP contribution is -2.54. The molecular weight excluding hydrogens is 324 g/mol. The van der Waals surface area contributed by atoms with E-state index in [1.54, 1.807) is 6.07 Å². The summed E-state index contributed by atoms with van der Waals surface area (Å²) >= 11 is 0. The van der Waals surface area contributed by atoms with Crippen molar-refractivity contribution in [2.75, 3.05) is 0 Å². The second-order valence-electron chi connectivity index (χ2n) is 5.71. The Morgan fingerprint density at radius 2 is 1.92 bits per heavy atom. The first kappa shape index (κ1) is 16.6. The number of piperidine rings is 1. The molecule has 1 unspecified atom stereocenters. The van der Waals surface area contributed by atoms with Crippen LogP contribution in [0.3, 0.4) is 0 Å². The second kappa shape index (κ2) is 6.69. The third-order valence-corrected chi connectivity index (χ3v) is 4.06. The molecule has 1 fully saturated rings. The third kappa shape index (κ3) is 3.06. The van der Waals surface area contributed by atoms with Gasteiger partial charge in [-0.2, -0.15) is 0 Å².